The van der Waals surface area contributed by atoms with Gasteiger partial charge in [-0.1, -0.05) is 5.92 Å². The summed E-state index contributed by atoms with van der Waals surface area (Å²) in [6.07, 6.45) is 3.55. The monoisotopic (exact) mass is 221 g/mol. The van der Waals surface area contributed by atoms with Gasteiger partial charge in [0.05, 0.1) is 0 Å². The number of aryl methyl sites for hydroxylation is 1. The maximum atomic E-state index is 5.58. The van der Waals surface area contributed by atoms with E-state index in [1.54, 1.807) is 6.20 Å². The van der Waals surface area contributed by atoms with Crippen molar-refractivity contribution in [1.29, 1.82) is 0 Å². The Labute approximate surface area is 100 Å². The van der Waals surface area contributed by atoms with Gasteiger partial charge in [-0.25, -0.2) is 4.98 Å². The van der Waals surface area contributed by atoms with Crippen molar-refractivity contribution < 1.29 is 0 Å². The number of anilines is 1. The van der Waals surface area contributed by atoms with Gasteiger partial charge in [-0.3, -0.25) is 0 Å². The molecule has 0 fully saturated rings. The molecule has 0 aliphatic heterocycles. The van der Waals surface area contributed by atoms with Gasteiger partial charge in [-0.15, -0.1) is 0 Å². The molecule has 3 nitrogen and oxygen atoms in total. The first-order chi connectivity index (χ1) is 8.25. The smallest absolute Gasteiger partial charge is 0.186 e. The lowest BCUT2D eigenvalue weighted by atomic mass is 10.2. The Hall–Kier alpha value is -2.65. The zero-order valence-corrected chi connectivity index (χ0v) is 9.44. The third kappa shape index (κ3) is 2.90. The lowest BCUT2D eigenvalue weighted by molar-refractivity contribution is 0.893. The Kier molecular flexibility index (Phi) is 3.14. The van der Waals surface area contributed by atoms with Crippen LogP contribution in [0.25, 0.3) is 0 Å². The number of aromatic nitrogens is 2. The fourth-order valence-electron chi connectivity index (χ4n) is 1.24. The Bertz CT molecular complexity index is 628. The Morgan fingerprint density at radius 2 is 1.82 bits per heavy atom. The summed E-state index contributed by atoms with van der Waals surface area (Å²) in [7, 11) is 1.89. The van der Waals surface area contributed by atoms with Crippen molar-refractivity contribution in [3.8, 4) is 23.7 Å². The number of imidazole rings is 1. The maximum Gasteiger partial charge on any atom is 0.186 e. The molecule has 0 bridgehead atoms. The van der Waals surface area contributed by atoms with Crippen molar-refractivity contribution in [1.82, 2.24) is 9.55 Å². The lowest BCUT2D eigenvalue weighted by Gasteiger charge is -1.90. The first-order valence-corrected chi connectivity index (χ1v) is 5.10. The third-order valence-corrected chi connectivity index (χ3v) is 2.18. The molecule has 1 aromatic carbocycles. The van der Waals surface area contributed by atoms with E-state index in [1.807, 2.05) is 42.1 Å². The SMILES string of the molecule is Cn1ccnc1C#CC#Cc1ccc(N)cc1. The van der Waals surface area contributed by atoms with Crippen molar-refractivity contribution in [2.45, 2.75) is 0 Å². The largest absolute Gasteiger partial charge is 0.399 e. The highest BCUT2D eigenvalue weighted by molar-refractivity contribution is 5.47. The molecule has 1 aromatic heterocycles. The van der Waals surface area contributed by atoms with E-state index >= 15 is 0 Å². The van der Waals surface area contributed by atoms with E-state index in [0.29, 0.717) is 5.82 Å². The highest BCUT2D eigenvalue weighted by atomic mass is 15.0. The predicted octanol–water partition coefficient (Wildman–Crippen LogP) is 1.41. The van der Waals surface area contributed by atoms with Crippen LogP contribution in [-0.2, 0) is 7.05 Å². The molecule has 2 N–H and O–H groups in total. The normalized spacial score (nSPS) is 8.76. The van der Waals surface area contributed by atoms with E-state index in [4.69, 9.17) is 5.73 Å². The average molecular weight is 221 g/mol. The van der Waals surface area contributed by atoms with E-state index in [-0.39, 0.29) is 0 Å². The van der Waals surface area contributed by atoms with Crippen LogP contribution in [0.5, 0.6) is 0 Å². The Morgan fingerprint density at radius 1 is 1.12 bits per heavy atom. The van der Waals surface area contributed by atoms with Gasteiger partial charge in [0.25, 0.3) is 0 Å². The van der Waals surface area contributed by atoms with Crippen LogP contribution in [0.3, 0.4) is 0 Å². The number of nitrogen functional groups attached to an aromatic ring is 1. The molecular formula is C14H11N3. The van der Waals surface area contributed by atoms with Crippen LogP contribution in [0.4, 0.5) is 5.69 Å². The Balaban J connectivity index is 2.11. The molecule has 2 aromatic rings. The molecule has 1 heterocycles. The molecule has 0 aliphatic carbocycles. The van der Waals surface area contributed by atoms with Gasteiger partial charge in [0.1, 0.15) is 0 Å². The highest BCUT2D eigenvalue weighted by Crippen LogP contribution is 2.03. The van der Waals surface area contributed by atoms with Crippen molar-refractivity contribution in [3.05, 3.63) is 48.0 Å². The summed E-state index contributed by atoms with van der Waals surface area (Å²) < 4.78 is 1.85. The van der Waals surface area contributed by atoms with Crippen LogP contribution in [-0.4, -0.2) is 9.55 Å². The summed E-state index contributed by atoms with van der Waals surface area (Å²) in [5.74, 6) is 12.1. The zero-order valence-electron chi connectivity index (χ0n) is 9.44. The second-order valence-electron chi connectivity index (χ2n) is 3.48. The Morgan fingerprint density at radius 3 is 2.47 bits per heavy atom. The topological polar surface area (TPSA) is 43.8 Å². The second kappa shape index (κ2) is 4.92. The summed E-state index contributed by atoms with van der Waals surface area (Å²) in [5, 5.41) is 0. The van der Waals surface area contributed by atoms with Crippen LogP contribution in [0.15, 0.2) is 36.7 Å². The van der Waals surface area contributed by atoms with E-state index in [0.717, 1.165) is 11.3 Å². The number of rotatable bonds is 0. The van der Waals surface area contributed by atoms with Gasteiger partial charge in [0.2, 0.25) is 0 Å². The molecule has 0 aliphatic rings. The summed E-state index contributed by atoms with van der Waals surface area (Å²) in [6, 6.07) is 7.36. The molecule has 0 amide bonds. The number of hydrogen-bond acceptors (Lipinski definition) is 2. The fraction of sp³-hybridized carbons (Fsp3) is 0.0714. The summed E-state index contributed by atoms with van der Waals surface area (Å²) in [4.78, 5) is 4.08. The minimum absolute atomic E-state index is 0.705. The van der Waals surface area contributed by atoms with Crippen LogP contribution in [0.2, 0.25) is 0 Å². The maximum absolute atomic E-state index is 5.58. The van der Waals surface area contributed by atoms with Crippen molar-refractivity contribution in [2.24, 2.45) is 7.05 Å². The molecule has 0 unspecified atom stereocenters. The van der Waals surface area contributed by atoms with E-state index in [1.165, 1.54) is 0 Å². The van der Waals surface area contributed by atoms with Crippen molar-refractivity contribution >= 4 is 5.69 Å². The molecule has 0 saturated heterocycles. The number of nitrogens with zero attached hydrogens (tertiary/aromatic N) is 2. The number of hydrogen-bond donors (Lipinski definition) is 1. The summed E-state index contributed by atoms with van der Waals surface area (Å²) in [5.41, 5.74) is 7.20. The summed E-state index contributed by atoms with van der Waals surface area (Å²) >= 11 is 0. The minimum Gasteiger partial charge on any atom is -0.399 e. The highest BCUT2D eigenvalue weighted by Gasteiger charge is 1.90. The first-order valence-electron chi connectivity index (χ1n) is 5.10. The molecule has 0 radical (unpaired) electrons. The van der Waals surface area contributed by atoms with Gasteiger partial charge >= 0.3 is 0 Å². The molecule has 0 saturated carbocycles. The molecule has 0 spiro atoms. The molecule has 82 valence electrons. The van der Waals surface area contributed by atoms with Crippen molar-refractivity contribution in [3.63, 3.8) is 0 Å². The standard InChI is InChI=1S/C14H11N3/c1-17-11-10-16-14(17)5-3-2-4-12-6-8-13(15)9-7-12/h6-11H,15H2,1H3. The minimum atomic E-state index is 0.705. The van der Waals surface area contributed by atoms with Gasteiger partial charge in [-0.2, -0.15) is 0 Å². The van der Waals surface area contributed by atoms with Gasteiger partial charge in [0, 0.05) is 30.7 Å². The second-order valence-corrected chi connectivity index (χ2v) is 3.48. The molecule has 0 atom stereocenters. The molecule has 17 heavy (non-hydrogen) atoms. The van der Waals surface area contributed by atoms with Gasteiger partial charge < -0.3 is 10.3 Å². The van der Waals surface area contributed by atoms with Crippen LogP contribution in [0.1, 0.15) is 11.4 Å². The lowest BCUT2D eigenvalue weighted by Crippen LogP contribution is -1.89. The van der Waals surface area contributed by atoms with Gasteiger partial charge in [0.15, 0.2) is 5.82 Å². The van der Waals surface area contributed by atoms with Gasteiger partial charge in [-0.05, 0) is 42.0 Å². The first kappa shape index (κ1) is 10.9. The molecule has 2 rings (SSSR count). The number of benzene rings is 1. The zero-order chi connectivity index (χ0) is 12.1. The molecular weight excluding hydrogens is 210 g/mol. The van der Waals surface area contributed by atoms with E-state index in [2.05, 4.69) is 28.7 Å². The quantitative estimate of drug-likeness (QED) is 0.540. The average Bonchev–Trinajstić information content (AvgIpc) is 2.73. The van der Waals surface area contributed by atoms with Crippen LogP contribution < -0.4 is 5.73 Å². The predicted molar refractivity (Wildman–Crippen MR) is 67.8 cm³/mol. The fourth-order valence-corrected chi connectivity index (χ4v) is 1.24. The van der Waals surface area contributed by atoms with Crippen LogP contribution >= 0.6 is 0 Å². The van der Waals surface area contributed by atoms with Crippen molar-refractivity contribution in [2.75, 3.05) is 5.73 Å². The third-order valence-electron chi connectivity index (χ3n) is 2.18. The van der Waals surface area contributed by atoms with Crippen LogP contribution in [0, 0.1) is 23.7 Å². The van der Waals surface area contributed by atoms with E-state index < -0.39 is 0 Å². The number of nitrogens with two attached hydrogens (primary N) is 1. The molecule has 3 heteroatoms. The van der Waals surface area contributed by atoms with E-state index in [9.17, 15) is 0 Å². The summed E-state index contributed by atoms with van der Waals surface area (Å²) in [6.45, 7) is 0.